The third kappa shape index (κ3) is 2.24. The second kappa shape index (κ2) is 5.15. The van der Waals surface area contributed by atoms with Gasteiger partial charge in [0.15, 0.2) is 0 Å². The zero-order valence-electron chi connectivity index (χ0n) is 11.6. The normalized spacial score (nSPS) is 17.9. The summed E-state index contributed by atoms with van der Waals surface area (Å²) in [6.45, 7) is 2.76. The van der Waals surface area contributed by atoms with E-state index < -0.39 is 0 Å². The van der Waals surface area contributed by atoms with Gasteiger partial charge in [0.2, 0.25) is 5.91 Å². The van der Waals surface area contributed by atoms with Crippen molar-refractivity contribution in [2.24, 2.45) is 0 Å². The van der Waals surface area contributed by atoms with Crippen LogP contribution in [0, 0.1) is 0 Å². The molecule has 5 heteroatoms. The van der Waals surface area contributed by atoms with E-state index in [1.165, 1.54) is 0 Å². The van der Waals surface area contributed by atoms with Gasteiger partial charge < -0.3 is 10.2 Å². The Hall–Kier alpha value is -2.04. The first-order valence-corrected chi connectivity index (χ1v) is 7.19. The van der Waals surface area contributed by atoms with Gasteiger partial charge in [0.1, 0.15) is 6.54 Å². The molecule has 0 saturated heterocycles. The van der Waals surface area contributed by atoms with Gasteiger partial charge in [0.25, 0.3) is 0 Å². The fourth-order valence-corrected chi connectivity index (χ4v) is 2.57. The van der Waals surface area contributed by atoms with Crippen LogP contribution in [-0.4, -0.2) is 31.1 Å². The third-order valence-corrected chi connectivity index (χ3v) is 3.68. The van der Waals surface area contributed by atoms with Gasteiger partial charge >= 0.3 is 6.03 Å². The first kappa shape index (κ1) is 13.0. The van der Waals surface area contributed by atoms with E-state index in [4.69, 9.17) is 0 Å². The van der Waals surface area contributed by atoms with Crippen LogP contribution in [-0.2, 0) is 4.79 Å². The van der Waals surface area contributed by atoms with E-state index in [0.717, 1.165) is 30.6 Å². The van der Waals surface area contributed by atoms with Crippen LogP contribution in [0.25, 0.3) is 0 Å². The van der Waals surface area contributed by atoms with Crippen molar-refractivity contribution in [3.8, 4) is 0 Å². The average molecular weight is 273 g/mol. The number of carbonyl (C=O) groups excluding carboxylic acids is 2. The number of benzene rings is 1. The maximum atomic E-state index is 12.3. The molecule has 5 nitrogen and oxygen atoms in total. The van der Waals surface area contributed by atoms with Crippen LogP contribution in [0.5, 0.6) is 0 Å². The van der Waals surface area contributed by atoms with Crippen LogP contribution in [0.1, 0.15) is 26.2 Å². The lowest BCUT2D eigenvalue weighted by molar-refractivity contribution is -0.117. The number of urea groups is 1. The summed E-state index contributed by atoms with van der Waals surface area (Å²) in [5.41, 5.74) is 1.69. The molecule has 2 aliphatic rings. The first-order valence-electron chi connectivity index (χ1n) is 7.19. The fraction of sp³-hybridized carbons (Fsp3) is 0.467. The summed E-state index contributed by atoms with van der Waals surface area (Å²) in [4.78, 5) is 27.9. The maximum absolute atomic E-state index is 12.3. The molecule has 3 rings (SSSR count). The number of nitrogens with one attached hydrogen (secondary N) is 1. The Balaban J connectivity index is 1.91. The summed E-state index contributed by atoms with van der Waals surface area (Å²) >= 11 is 0. The monoisotopic (exact) mass is 273 g/mol. The summed E-state index contributed by atoms with van der Waals surface area (Å²) in [6, 6.07) is 7.77. The van der Waals surface area contributed by atoms with Crippen molar-refractivity contribution in [3.05, 3.63) is 24.3 Å². The second-order valence-electron chi connectivity index (χ2n) is 5.30. The van der Waals surface area contributed by atoms with Crippen LogP contribution in [0.2, 0.25) is 0 Å². The minimum atomic E-state index is -0.192. The molecular weight excluding hydrogens is 254 g/mol. The smallest absolute Gasteiger partial charge is 0.322 e. The highest BCUT2D eigenvalue weighted by Crippen LogP contribution is 2.40. The quantitative estimate of drug-likeness (QED) is 0.917. The highest BCUT2D eigenvalue weighted by molar-refractivity contribution is 6.11. The molecule has 0 atom stereocenters. The molecule has 1 fully saturated rings. The molecule has 1 aliphatic heterocycles. The van der Waals surface area contributed by atoms with Gasteiger partial charge in [0, 0.05) is 12.6 Å². The Labute approximate surface area is 118 Å². The van der Waals surface area contributed by atoms with Crippen LogP contribution in [0.3, 0.4) is 0 Å². The molecule has 106 valence electrons. The van der Waals surface area contributed by atoms with Gasteiger partial charge in [-0.2, -0.15) is 0 Å². The average Bonchev–Trinajstić information content (AvgIpc) is 3.28. The molecule has 1 heterocycles. The summed E-state index contributed by atoms with van der Waals surface area (Å²) < 4.78 is 0. The Morgan fingerprint density at radius 1 is 1.30 bits per heavy atom. The van der Waals surface area contributed by atoms with Crippen LogP contribution in [0.4, 0.5) is 16.2 Å². The summed E-state index contributed by atoms with van der Waals surface area (Å²) in [5.74, 6) is 0.0119. The van der Waals surface area contributed by atoms with Crippen molar-refractivity contribution in [3.63, 3.8) is 0 Å². The molecule has 1 aromatic carbocycles. The van der Waals surface area contributed by atoms with E-state index in [9.17, 15) is 9.59 Å². The summed E-state index contributed by atoms with van der Waals surface area (Å²) in [5, 5.41) is 2.84. The second-order valence-corrected chi connectivity index (χ2v) is 5.30. The van der Waals surface area contributed by atoms with Crippen molar-refractivity contribution in [1.82, 2.24) is 5.32 Å². The summed E-state index contributed by atoms with van der Waals surface area (Å²) in [6.07, 6.45) is 2.99. The van der Waals surface area contributed by atoms with Crippen LogP contribution in [0.15, 0.2) is 24.3 Å². The zero-order valence-corrected chi connectivity index (χ0v) is 11.6. The molecule has 0 unspecified atom stereocenters. The highest BCUT2D eigenvalue weighted by atomic mass is 16.2. The Morgan fingerprint density at radius 2 is 2.00 bits per heavy atom. The van der Waals surface area contributed by atoms with E-state index >= 15 is 0 Å². The number of rotatable bonds is 3. The molecule has 3 amide bonds. The van der Waals surface area contributed by atoms with E-state index in [1.807, 2.05) is 36.1 Å². The summed E-state index contributed by atoms with van der Waals surface area (Å²) in [7, 11) is 0. The molecule has 1 aliphatic carbocycles. The minimum Gasteiger partial charge on any atom is -0.338 e. The number of nitrogens with zero attached hydrogens (tertiary/aromatic N) is 2. The van der Waals surface area contributed by atoms with Crippen molar-refractivity contribution < 1.29 is 9.59 Å². The van der Waals surface area contributed by atoms with Crippen molar-refractivity contribution in [1.29, 1.82) is 0 Å². The van der Waals surface area contributed by atoms with E-state index in [-0.39, 0.29) is 18.5 Å². The Kier molecular flexibility index (Phi) is 3.34. The van der Waals surface area contributed by atoms with E-state index in [0.29, 0.717) is 12.6 Å². The van der Waals surface area contributed by atoms with Gasteiger partial charge in [-0.05, 0) is 31.4 Å². The number of hydrogen-bond acceptors (Lipinski definition) is 2. The SMILES string of the molecule is CCCNC(=O)N1CC(=O)N(C2CC2)c2ccccc21. The highest BCUT2D eigenvalue weighted by Gasteiger charge is 2.40. The molecule has 20 heavy (non-hydrogen) atoms. The van der Waals surface area contributed by atoms with Crippen LogP contribution >= 0.6 is 0 Å². The van der Waals surface area contributed by atoms with Crippen molar-refractivity contribution in [2.45, 2.75) is 32.2 Å². The number of amides is 3. The lowest BCUT2D eigenvalue weighted by atomic mass is 10.1. The largest absolute Gasteiger partial charge is 0.338 e. The first-order chi connectivity index (χ1) is 9.72. The van der Waals surface area contributed by atoms with Gasteiger partial charge in [-0.25, -0.2) is 4.79 Å². The predicted molar refractivity (Wildman–Crippen MR) is 78.0 cm³/mol. The molecule has 0 bridgehead atoms. The third-order valence-electron chi connectivity index (χ3n) is 3.68. The Bertz CT molecular complexity index is 540. The standard InChI is InChI=1S/C15H19N3O2/c1-2-9-16-15(20)17-10-14(19)18(11-7-8-11)13-6-4-3-5-12(13)17/h3-6,11H,2,7-10H2,1H3,(H,16,20). The fourth-order valence-electron chi connectivity index (χ4n) is 2.57. The molecule has 1 saturated carbocycles. The minimum absolute atomic E-state index is 0.0119. The van der Waals surface area contributed by atoms with Gasteiger partial charge in [0.05, 0.1) is 11.4 Å². The predicted octanol–water partition coefficient (Wildman–Crippen LogP) is 2.12. The number of para-hydroxylation sites is 2. The maximum Gasteiger partial charge on any atom is 0.322 e. The van der Waals surface area contributed by atoms with Gasteiger partial charge in [-0.15, -0.1) is 0 Å². The van der Waals surface area contributed by atoms with E-state index in [2.05, 4.69) is 5.32 Å². The number of anilines is 2. The van der Waals surface area contributed by atoms with Crippen molar-refractivity contribution in [2.75, 3.05) is 22.9 Å². The van der Waals surface area contributed by atoms with Gasteiger partial charge in [-0.3, -0.25) is 9.69 Å². The van der Waals surface area contributed by atoms with Crippen LogP contribution < -0.4 is 15.1 Å². The molecule has 0 aromatic heterocycles. The molecule has 1 aromatic rings. The topological polar surface area (TPSA) is 52.7 Å². The number of carbonyl (C=O) groups is 2. The Morgan fingerprint density at radius 3 is 2.65 bits per heavy atom. The zero-order chi connectivity index (χ0) is 14.1. The number of fused-ring (bicyclic) bond motifs is 1. The molecule has 0 radical (unpaired) electrons. The van der Waals surface area contributed by atoms with Crippen molar-refractivity contribution >= 4 is 23.3 Å². The molecular formula is C15H19N3O2. The lowest BCUT2D eigenvalue weighted by Crippen LogP contribution is -2.52. The number of hydrogen-bond donors (Lipinski definition) is 1. The van der Waals surface area contributed by atoms with Gasteiger partial charge in [-0.1, -0.05) is 19.1 Å². The molecule has 1 N–H and O–H groups in total. The molecule has 0 spiro atoms. The lowest BCUT2D eigenvalue weighted by Gasteiger charge is -2.36. The van der Waals surface area contributed by atoms with E-state index in [1.54, 1.807) is 4.90 Å².